The number of hydrogen-bond donors (Lipinski definition) is 1. The predicted molar refractivity (Wildman–Crippen MR) is 326 cm³/mol. The second-order valence-electron chi connectivity index (χ2n) is 18.6. The van der Waals surface area contributed by atoms with Crippen molar-refractivity contribution in [1.82, 2.24) is 19.6 Å². The van der Waals surface area contributed by atoms with Gasteiger partial charge in [0.05, 0.1) is 32.3 Å². The number of rotatable bonds is 43. The third-order valence-corrected chi connectivity index (χ3v) is 17.2. The Morgan fingerprint density at radius 1 is 0.459 bits per heavy atom. The summed E-state index contributed by atoms with van der Waals surface area (Å²) >= 11 is 4.71. The van der Waals surface area contributed by atoms with E-state index in [0.717, 1.165) is 50.3 Å². The normalized spacial score (nSPS) is 10.6. The van der Waals surface area contributed by atoms with Gasteiger partial charge in [0.2, 0.25) is 5.24 Å². The van der Waals surface area contributed by atoms with E-state index >= 15 is 0 Å². The Balaban J connectivity index is -0.000000353. The van der Waals surface area contributed by atoms with E-state index in [-0.39, 0.29) is 75.2 Å². The standard InChI is InChI=1S/C21H32N2O8.C18H30N2O7.2C7H18O3Si.C3H3ClO/c1-7-18(24)28-14-12-22(5)10-8-19(25)29-15-13-23(6)11-9-20(26)30-17(4)31-21(27)16(2)3;1-14(2)18(24)27-15(3)26-17(23)7-9-20(5)11-13-25-16(22)6-8-19(4)10-12-21;2*1-8-6-5-7-11(4,9-2)10-3;1-2-3(4)5/h7H,1-2,4,8-15H2,3,5-6H3;21H,1,3,6-13H2,2,4-5H3;2*5-7H2,1-4H3;2H,1H2. The highest BCUT2D eigenvalue weighted by Crippen LogP contribution is 2.14. The second kappa shape index (κ2) is 56.5. The molecule has 0 aliphatic carbocycles. The molecule has 0 saturated heterocycles. The molecule has 0 bridgehead atoms. The highest BCUT2D eigenvalue weighted by Gasteiger charge is 2.28. The maximum absolute atomic E-state index is 11.8. The quantitative estimate of drug-likeness (QED) is 0.0159. The van der Waals surface area contributed by atoms with Crippen molar-refractivity contribution in [1.29, 1.82) is 0 Å². The summed E-state index contributed by atoms with van der Waals surface area (Å²) in [5.41, 5.74) is 0.327. The van der Waals surface area contributed by atoms with Gasteiger partial charge in [-0.05, 0) is 111 Å². The first kappa shape index (κ1) is 88.4. The van der Waals surface area contributed by atoms with Crippen molar-refractivity contribution in [2.75, 3.05) is 163 Å². The Labute approximate surface area is 512 Å². The van der Waals surface area contributed by atoms with Crippen molar-refractivity contribution in [3.63, 3.8) is 0 Å². The van der Waals surface area contributed by atoms with Gasteiger partial charge in [-0.2, -0.15) is 0 Å². The lowest BCUT2D eigenvalue weighted by Crippen LogP contribution is -2.36. The van der Waals surface area contributed by atoms with Crippen molar-refractivity contribution in [3.05, 3.63) is 74.7 Å². The van der Waals surface area contributed by atoms with Gasteiger partial charge in [0.25, 0.3) is 11.9 Å². The summed E-state index contributed by atoms with van der Waals surface area (Å²) in [6, 6.07) is 1.99. The molecule has 0 atom stereocenters. The Hall–Kier alpha value is -5.32. The molecule has 492 valence electrons. The van der Waals surface area contributed by atoms with Crippen molar-refractivity contribution >= 4 is 75.8 Å². The Morgan fingerprint density at radius 2 is 0.753 bits per heavy atom. The van der Waals surface area contributed by atoms with E-state index in [0.29, 0.717) is 52.4 Å². The molecule has 0 spiro atoms. The van der Waals surface area contributed by atoms with Crippen LogP contribution in [0.3, 0.4) is 0 Å². The van der Waals surface area contributed by atoms with Crippen LogP contribution in [-0.4, -0.2) is 252 Å². The molecule has 0 amide bonds. The number of aliphatic hydroxyl groups excluding tert-OH is 1. The molecule has 0 aromatic rings. The van der Waals surface area contributed by atoms with E-state index in [9.17, 15) is 38.4 Å². The van der Waals surface area contributed by atoms with Gasteiger partial charge in [0.1, 0.15) is 19.8 Å². The number of carbonyl (C=O) groups is 8. The topological polar surface area (TPSA) is 290 Å². The second-order valence-corrected chi connectivity index (χ2v) is 26.1. The van der Waals surface area contributed by atoms with Crippen LogP contribution in [-0.2, 0) is 98.7 Å². The van der Waals surface area contributed by atoms with E-state index in [2.05, 4.69) is 62.0 Å². The van der Waals surface area contributed by atoms with Crippen molar-refractivity contribution in [2.45, 2.75) is 77.6 Å². The van der Waals surface area contributed by atoms with Gasteiger partial charge in [0.15, 0.2) is 0 Å². The van der Waals surface area contributed by atoms with Gasteiger partial charge < -0.3 is 85.0 Å². The predicted octanol–water partition coefficient (Wildman–Crippen LogP) is 5.05. The van der Waals surface area contributed by atoms with Crippen molar-refractivity contribution < 1.29 is 104 Å². The van der Waals surface area contributed by atoms with Gasteiger partial charge in [-0.25, -0.2) is 14.4 Å². The SMILES string of the molecule is C=C(OC(=O)CCN(C)CCOC(=O)CCN(C)CCO)OC(=O)C(=C)C.C=CC(=O)Cl.C=CC(=O)OCCN(C)CCC(=O)OCCN(C)CCC(=O)OC(=C)OC(=O)C(=C)C.COCCC[Si](C)(OC)OC.COCCC[Si](C)(OC)OC. The number of allylic oxidation sites excluding steroid dienone is 1. The number of ether oxygens (including phenoxy) is 9. The number of halogens is 1. The lowest BCUT2D eigenvalue weighted by atomic mass is 10.4. The van der Waals surface area contributed by atoms with Crippen LogP contribution >= 0.6 is 11.6 Å². The van der Waals surface area contributed by atoms with E-state index in [1.165, 1.54) is 13.8 Å². The van der Waals surface area contributed by atoms with Gasteiger partial charge in [-0.15, -0.1) is 0 Å². The fraction of sp³-hybridized carbons (Fsp3) is 0.643. The maximum Gasteiger partial charge on any atom is 0.340 e. The molecular weight excluding hydrogens is 1170 g/mol. The summed E-state index contributed by atoms with van der Waals surface area (Å²) in [5.74, 6) is -4.58. The highest BCUT2D eigenvalue weighted by molar-refractivity contribution is 6.66. The van der Waals surface area contributed by atoms with Crippen LogP contribution in [0.5, 0.6) is 0 Å². The van der Waals surface area contributed by atoms with Crippen molar-refractivity contribution in [2.24, 2.45) is 0 Å². The van der Waals surface area contributed by atoms with Crippen LogP contribution in [0.2, 0.25) is 25.2 Å². The lowest BCUT2D eigenvalue weighted by molar-refractivity contribution is -0.153. The molecule has 26 nitrogen and oxygen atoms in total. The largest absolute Gasteiger partial charge is 0.464 e. The van der Waals surface area contributed by atoms with Crippen LogP contribution in [0.15, 0.2) is 74.7 Å². The first-order chi connectivity index (χ1) is 39.8. The Kier molecular flexibility index (Phi) is 58.8. The molecule has 0 saturated carbocycles. The minimum atomic E-state index is -1.81. The Morgan fingerprint density at radius 3 is 1.01 bits per heavy atom. The minimum absolute atomic E-state index is 0.0370. The van der Waals surface area contributed by atoms with E-state index in [1.807, 2.05) is 16.8 Å². The maximum atomic E-state index is 11.8. The van der Waals surface area contributed by atoms with E-state index in [1.54, 1.807) is 73.6 Å². The zero-order valence-electron chi connectivity index (χ0n) is 53.1. The molecule has 29 heteroatoms. The number of carbonyl (C=O) groups excluding carboxylic acids is 8. The van der Waals surface area contributed by atoms with Gasteiger partial charge in [-0.1, -0.05) is 26.3 Å². The molecule has 85 heavy (non-hydrogen) atoms. The first-order valence-corrected chi connectivity index (χ1v) is 32.3. The molecule has 0 unspecified atom stereocenters. The summed E-state index contributed by atoms with van der Waals surface area (Å²) in [5, 5.41) is 8.27. The monoisotopic (exact) mass is 1270 g/mol. The van der Waals surface area contributed by atoms with Gasteiger partial charge in [0, 0.05) is 125 Å². The molecule has 1 N–H and O–H groups in total. The van der Waals surface area contributed by atoms with E-state index < -0.39 is 64.1 Å². The summed E-state index contributed by atoms with van der Waals surface area (Å²) < 4.78 is 65.1. The average Bonchev–Trinajstić information content (AvgIpc) is 3.47. The van der Waals surface area contributed by atoms with Crippen LogP contribution in [0.1, 0.15) is 52.4 Å². The molecule has 0 radical (unpaired) electrons. The molecule has 0 fully saturated rings. The molecule has 0 aromatic carbocycles. The lowest BCUT2D eigenvalue weighted by Gasteiger charge is -2.22. The Bertz CT molecular complexity index is 1970. The van der Waals surface area contributed by atoms with Crippen molar-refractivity contribution in [3.8, 4) is 0 Å². The number of hydrogen-bond acceptors (Lipinski definition) is 26. The van der Waals surface area contributed by atoms with Crippen LogP contribution in [0, 0.1) is 0 Å². The zero-order valence-corrected chi connectivity index (χ0v) is 55.9. The minimum Gasteiger partial charge on any atom is -0.464 e. The number of nitrogens with zero attached hydrogens (tertiary/aromatic N) is 4. The molecule has 0 aliphatic rings. The number of esters is 7. The zero-order chi connectivity index (χ0) is 66.4. The van der Waals surface area contributed by atoms with Crippen LogP contribution in [0.25, 0.3) is 0 Å². The van der Waals surface area contributed by atoms with Crippen LogP contribution < -0.4 is 0 Å². The summed E-state index contributed by atoms with van der Waals surface area (Å²) in [4.78, 5) is 97.0. The molecule has 0 rings (SSSR count). The van der Waals surface area contributed by atoms with Crippen LogP contribution in [0.4, 0.5) is 0 Å². The van der Waals surface area contributed by atoms with E-state index in [4.69, 9.17) is 67.6 Å². The summed E-state index contributed by atoms with van der Waals surface area (Å²) in [6.45, 7) is 32.7. The molecule has 0 heterocycles. The first-order valence-electron chi connectivity index (χ1n) is 26.8. The van der Waals surface area contributed by atoms with Gasteiger partial charge >= 0.3 is 58.9 Å². The van der Waals surface area contributed by atoms with Gasteiger partial charge in [-0.3, -0.25) is 24.0 Å². The highest BCUT2D eigenvalue weighted by atomic mass is 35.5. The number of likely N-dealkylation sites (N-methyl/N-ethyl adjacent to an activating group) is 4. The number of aliphatic hydroxyl groups is 1. The molecule has 0 aliphatic heterocycles. The molecular formula is C56H101ClN4O22Si2. The third kappa shape index (κ3) is 60.2. The molecule has 0 aromatic heterocycles. The fourth-order valence-corrected chi connectivity index (χ4v) is 8.03. The average molecular weight is 1270 g/mol. The number of methoxy groups -OCH3 is 2. The third-order valence-electron chi connectivity index (χ3n) is 11.0. The fourth-order valence-electron chi connectivity index (χ4n) is 5.31. The smallest absolute Gasteiger partial charge is 0.340 e. The summed E-state index contributed by atoms with van der Waals surface area (Å²) in [7, 11) is 13.8. The summed E-state index contributed by atoms with van der Waals surface area (Å²) in [6.07, 6.45) is 4.71.